The van der Waals surface area contributed by atoms with Gasteiger partial charge >= 0.3 is 0 Å². The van der Waals surface area contributed by atoms with Gasteiger partial charge in [-0.1, -0.05) is 31.9 Å². The lowest BCUT2D eigenvalue weighted by molar-refractivity contribution is 0.102. The number of fused-ring (bicyclic) bond motifs is 2. The molecule has 1 saturated heterocycles. The lowest BCUT2D eigenvalue weighted by Crippen LogP contribution is -2.54. The largest absolute Gasteiger partial charge is 0.319 e. The number of pyridine rings is 1. The van der Waals surface area contributed by atoms with Crippen LogP contribution < -0.4 is 15.5 Å². The number of unbranched alkanes of at least 4 members (excludes halogenated alkanes) is 1. The van der Waals surface area contributed by atoms with E-state index in [0.717, 1.165) is 62.6 Å². The highest BCUT2D eigenvalue weighted by Gasteiger charge is 2.34. The topological polar surface area (TPSA) is 60.5 Å². The number of piperazine rings is 1. The second kappa shape index (κ2) is 8.06. The number of anilines is 3. The number of amides is 1. The quantitative estimate of drug-likeness (QED) is 0.852. The maximum absolute atomic E-state index is 12.8. The van der Waals surface area contributed by atoms with Crippen LogP contribution in [-0.2, 0) is 0 Å². The SMILES string of the molecule is CCCCC(N1CCNCC1)N1c2ccccc2C(=O)Nc2cccnc21. The number of rotatable bonds is 5. The summed E-state index contributed by atoms with van der Waals surface area (Å²) in [7, 11) is 0. The Morgan fingerprint density at radius 3 is 2.78 bits per heavy atom. The van der Waals surface area contributed by atoms with E-state index < -0.39 is 0 Å². The molecular weight excluding hydrogens is 338 g/mol. The fourth-order valence-corrected chi connectivity index (χ4v) is 4.01. The van der Waals surface area contributed by atoms with E-state index in [-0.39, 0.29) is 12.1 Å². The van der Waals surface area contributed by atoms with Gasteiger partial charge in [0.2, 0.25) is 0 Å². The van der Waals surface area contributed by atoms with Crippen LogP contribution in [0, 0.1) is 0 Å². The minimum Gasteiger partial charge on any atom is -0.319 e. The lowest BCUT2D eigenvalue weighted by atomic mass is 10.1. The molecule has 2 N–H and O–H groups in total. The molecule has 6 heteroatoms. The molecule has 6 nitrogen and oxygen atoms in total. The number of carbonyl (C=O) groups is 1. The van der Waals surface area contributed by atoms with E-state index in [1.54, 1.807) is 6.20 Å². The molecule has 0 saturated carbocycles. The molecular formula is C21H27N5O. The predicted octanol–water partition coefficient (Wildman–Crippen LogP) is 3.21. The highest BCUT2D eigenvalue weighted by Crippen LogP contribution is 2.39. The average molecular weight is 365 g/mol. The van der Waals surface area contributed by atoms with Gasteiger partial charge in [0.05, 0.1) is 23.1 Å². The Hall–Kier alpha value is -2.44. The highest BCUT2D eigenvalue weighted by molar-refractivity contribution is 6.12. The summed E-state index contributed by atoms with van der Waals surface area (Å²) in [6, 6.07) is 11.7. The summed E-state index contributed by atoms with van der Waals surface area (Å²) in [6.45, 7) is 6.20. The molecule has 1 unspecified atom stereocenters. The Morgan fingerprint density at radius 1 is 1.15 bits per heavy atom. The third-order valence-electron chi connectivity index (χ3n) is 5.36. The molecule has 1 fully saturated rings. The summed E-state index contributed by atoms with van der Waals surface area (Å²) in [5.74, 6) is 0.757. The standard InChI is InChI=1S/C21H27N5O/c1-2-3-10-19(25-14-12-22-13-15-25)26-18-9-5-4-7-16(18)21(27)24-17-8-6-11-23-20(17)26/h4-9,11,19,22H,2-3,10,12-15H2,1H3,(H,24,27). The van der Waals surface area contributed by atoms with Crippen molar-refractivity contribution >= 4 is 23.1 Å². The number of nitrogens with zero attached hydrogens (tertiary/aromatic N) is 3. The fraction of sp³-hybridized carbons (Fsp3) is 0.429. The molecule has 4 rings (SSSR count). The average Bonchev–Trinajstić information content (AvgIpc) is 2.84. The van der Waals surface area contributed by atoms with Gasteiger partial charge in [-0.3, -0.25) is 9.69 Å². The molecule has 1 aromatic carbocycles. The number of para-hydroxylation sites is 1. The zero-order chi connectivity index (χ0) is 18.6. The smallest absolute Gasteiger partial charge is 0.257 e. The molecule has 27 heavy (non-hydrogen) atoms. The minimum absolute atomic E-state index is 0.0723. The van der Waals surface area contributed by atoms with E-state index in [0.29, 0.717) is 5.56 Å². The maximum Gasteiger partial charge on any atom is 0.257 e. The first-order valence-electron chi connectivity index (χ1n) is 9.89. The Morgan fingerprint density at radius 2 is 1.96 bits per heavy atom. The first-order valence-corrected chi connectivity index (χ1v) is 9.89. The van der Waals surface area contributed by atoms with E-state index in [1.165, 1.54) is 0 Å². The number of nitrogens with one attached hydrogen (secondary N) is 2. The van der Waals surface area contributed by atoms with Gasteiger partial charge in [0.1, 0.15) is 0 Å². The lowest BCUT2D eigenvalue weighted by Gasteiger charge is -2.42. The third-order valence-corrected chi connectivity index (χ3v) is 5.36. The Balaban J connectivity index is 1.84. The molecule has 1 aromatic heterocycles. The Kier molecular flexibility index (Phi) is 5.36. The molecule has 142 valence electrons. The van der Waals surface area contributed by atoms with Crippen LogP contribution in [0.3, 0.4) is 0 Å². The van der Waals surface area contributed by atoms with Gasteiger partial charge in [-0.25, -0.2) is 4.98 Å². The fourth-order valence-electron chi connectivity index (χ4n) is 4.01. The summed E-state index contributed by atoms with van der Waals surface area (Å²) < 4.78 is 0. The first kappa shape index (κ1) is 17.9. The minimum atomic E-state index is -0.0723. The number of hydrogen-bond acceptors (Lipinski definition) is 5. The van der Waals surface area contributed by atoms with Crippen LogP contribution in [0.5, 0.6) is 0 Å². The van der Waals surface area contributed by atoms with Gasteiger partial charge in [-0.2, -0.15) is 0 Å². The van der Waals surface area contributed by atoms with E-state index in [4.69, 9.17) is 0 Å². The molecule has 0 spiro atoms. The van der Waals surface area contributed by atoms with Crippen LogP contribution >= 0.6 is 0 Å². The monoisotopic (exact) mass is 365 g/mol. The van der Waals surface area contributed by atoms with Gasteiger partial charge in [-0.05, 0) is 30.7 Å². The molecule has 0 aliphatic carbocycles. The number of hydrogen-bond donors (Lipinski definition) is 2. The van der Waals surface area contributed by atoms with Crippen molar-refractivity contribution in [1.82, 2.24) is 15.2 Å². The summed E-state index contributed by atoms with van der Waals surface area (Å²) >= 11 is 0. The van der Waals surface area contributed by atoms with Crippen molar-refractivity contribution in [2.75, 3.05) is 36.4 Å². The van der Waals surface area contributed by atoms with Crippen molar-refractivity contribution in [3.8, 4) is 0 Å². The third kappa shape index (κ3) is 3.55. The van der Waals surface area contributed by atoms with Crippen LogP contribution in [-0.4, -0.2) is 48.1 Å². The van der Waals surface area contributed by atoms with E-state index in [1.807, 2.05) is 36.4 Å². The summed E-state index contributed by atoms with van der Waals surface area (Å²) in [5, 5.41) is 6.49. The van der Waals surface area contributed by atoms with Gasteiger partial charge in [0.15, 0.2) is 5.82 Å². The summed E-state index contributed by atoms with van der Waals surface area (Å²) in [4.78, 5) is 22.3. The van der Waals surface area contributed by atoms with Crippen molar-refractivity contribution in [2.24, 2.45) is 0 Å². The number of carbonyl (C=O) groups excluding carboxylic acids is 1. The van der Waals surface area contributed by atoms with Crippen molar-refractivity contribution in [3.63, 3.8) is 0 Å². The molecule has 3 heterocycles. The van der Waals surface area contributed by atoms with E-state index in [2.05, 4.69) is 32.3 Å². The highest BCUT2D eigenvalue weighted by atomic mass is 16.1. The Bertz CT molecular complexity index is 803. The second-order valence-electron chi connectivity index (χ2n) is 7.12. The maximum atomic E-state index is 12.8. The summed E-state index contributed by atoms with van der Waals surface area (Å²) in [5.41, 5.74) is 2.41. The molecule has 0 bridgehead atoms. The van der Waals surface area contributed by atoms with Crippen molar-refractivity contribution < 1.29 is 4.79 Å². The van der Waals surface area contributed by atoms with Gasteiger partial charge in [-0.15, -0.1) is 0 Å². The van der Waals surface area contributed by atoms with Crippen molar-refractivity contribution in [2.45, 2.75) is 32.4 Å². The molecule has 1 atom stereocenters. The number of benzene rings is 1. The van der Waals surface area contributed by atoms with Crippen LogP contribution in [0.4, 0.5) is 17.2 Å². The van der Waals surface area contributed by atoms with Crippen LogP contribution in [0.25, 0.3) is 0 Å². The molecule has 1 amide bonds. The van der Waals surface area contributed by atoms with Crippen LogP contribution in [0.2, 0.25) is 0 Å². The van der Waals surface area contributed by atoms with Gasteiger partial charge < -0.3 is 15.5 Å². The molecule has 2 aliphatic rings. The zero-order valence-corrected chi connectivity index (χ0v) is 15.8. The zero-order valence-electron chi connectivity index (χ0n) is 15.8. The molecule has 2 aliphatic heterocycles. The normalized spacial score (nSPS) is 18.3. The van der Waals surface area contributed by atoms with Crippen molar-refractivity contribution in [3.05, 3.63) is 48.2 Å². The van der Waals surface area contributed by atoms with Crippen LogP contribution in [0.1, 0.15) is 36.5 Å². The van der Waals surface area contributed by atoms with Crippen molar-refractivity contribution in [1.29, 1.82) is 0 Å². The first-order chi connectivity index (χ1) is 13.3. The van der Waals surface area contributed by atoms with Crippen LogP contribution in [0.15, 0.2) is 42.6 Å². The van der Waals surface area contributed by atoms with Gasteiger partial charge in [0.25, 0.3) is 5.91 Å². The molecule has 0 radical (unpaired) electrons. The van der Waals surface area contributed by atoms with E-state index in [9.17, 15) is 4.79 Å². The van der Waals surface area contributed by atoms with Gasteiger partial charge in [0, 0.05) is 32.4 Å². The van der Waals surface area contributed by atoms with E-state index >= 15 is 0 Å². The number of aromatic nitrogens is 1. The summed E-state index contributed by atoms with van der Waals surface area (Å²) in [6.07, 6.45) is 5.30. The second-order valence-corrected chi connectivity index (χ2v) is 7.12. The molecule has 2 aromatic rings. The Labute approximate surface area is 160 Å². The predicted molar refractivity (Wildman–Crippen MR) is 109 cm³/mol.